The van der Waals surface area contributed by atoms with E-state index in [1.165, 1.54) is 0 Å². The van der Waals surface area contributed by atoms with Gasteiger partial charge in [0.25, 0.3) is 0 Å². The Kier molecular flexibility index (Phi) is 4.99. The predicted molar refractivity (Wildman–Crippen MR) is 97.7 cm³/mol. The number of carbonyl (C=O) groups excluding carboxylic acids is 1. The molecule has 1 aliphatic rings. The zero-order valence-corrected chi connectivity index (χ0v) is 15.1. The quantitative estimate of drug-likeness (QED) is 0.789. The van der Waals surface area contributed by atoms with E-state index in [0.29, 0.717) is 29.6 Å². The van der Waals surface area contributed by atoms with Crippen LogP contribution in [0.4, 0.5) is 10.5 Å². The van der Waals surface area contributed by atoms with E-state index < -0.39 is 0 Å². The Morgan fingerprint density at radius 2 is 2.16 bits per heavy atom. The summed E-state index contributed by atoms with van der Waals surface area (Å²) in [6.45, 7) is 6.73. The summed E-state index contributed by atoms with van der Waals surface area (Å²) in [5, 5.41) is 15.4. The van der Waals surface area contributed by atoms with Crippen molar-refractivity contribution >= 4 is 22.8 Å². The van der Waals surface area contributed by atoms with Crippen LogP contribution in [0.2, 0.25) is 0 Å². The highest BCUT2D eigenvalue weighted by Gasteiger charge is 2.22. The third-order valence-electron chi connectivity index (χ3n) is 4.59. The van der Waals surface area contributed by atoms with Gasteiger partial charge in [0.15, 0.2) is 5.58 Å². The van der Waals surface area contributed by atoms with Crippen LogP contribution in [0.15, 0.2) is 22.6 Å². The van der Waals surface area contributed by atoms with Crippen molar-refractivity contribution in [2.75, 3.05) is 11.9 Å². The number of oxazole rings is 1. The Balaban J connectivity index is 1.59. The van der Waals surface area contributed by atoms with Gasteiger partial charge in [0.05, 0.1) is 6.10 Å². The first-order valence-corrected chi connectivity index (χ1v) is 8.95. The third kappa shape index (κ3) is 4.51. The first-order chi connectivity index (χ1) is 11.8. The van der Waals surface area contributed by atoms with Crippen LogP contribution < -0.4 is 10.6 Å². The molecule has 2 aromatic rings. The van der Waals surface area contributed by atoms with Crippen molar-refractivity contribution in [2.24, 2.45) is 5.92 Å². The Morgan fingerprint density at radius 1 is 1.36 bits per heavy atom. The van der Waals surface area contributed by atoms with E-state index in [4.69, 9.17) is 4.42 Å². The summed E-state index contributed by atoms with van der Waals surface area (Å²) in [5.41, 5.74) is 1.97. The van der Waals surface area contributed by atoms with Crippen LogP contribution in [-0.4, -0.2) is 28.8 Å². The number of amides is 2. The average molecular weight is 345 g/mol. The molecule has 1 heterocycles. The second-order valence-corrected chi connectivity index (χ2v) is 7.97. The molecule has 25 heavy (non-hydrogen) atoms. The van der Waals surface area contributed by atoms with Crippen molar-refractivity contribution in [3.05, 3.63) is 24.1 Å². The van der Waals surface area contributed by atoms with Crippen molar-refractivity contribution in [1.29, 1.82) is 0 Å². The molecule has 6 nitrogen and oxygen atoms in total. The molecule has 0 saturated heterocycles. The van der Waals surface area contributed by atoms with Crippen LogP contribution in [0.3, 0.4) is 0 Å². The lowest BCUT2D eigenvalue weighted by Gasteiger charge is -2.25. The summed E-state index contributed by atoms with van der Waals surface area (Å²) in [6.07, 6.45) is 3.49. The number of fused-ring (bicyclic) bond motifs is 1. The fourth-order valence-corrected chi connectivity index (χ4v) is 3.19. The van der Waals surface area contributed by atoms with Gasteiger partial charge in [0.1, 0.15) is 5.52 Å². The number of benzene rings is 1. The number of aromatic nitrogens is 1. The lowest BCUT2D eigenvalue weighted by molar-refractivity contribution is 0.101. The molecule has 1 aromatic carbocycles. The lowest BCUT2D eigenvalue weighted by atomic mass is 9.87. The number of carbonyl (C=O) groups is 1. The Bertz CT molecular complexity index is 748. The fourth-order valence-electron chi connectivity index (χ4n) is 3.19. The van der Waals surface area contributed by atoms with Crippen LogP contribution >= 0.6 is 0 Å². The first-order valence-electron chi connectivity index (χ1n) is 8.95. The normalized spacial score (nSPS) is 21.3. The Morgan fingerprint density at radius 3 is 2.88 bits per heavy atom. The highest BCUT2D eigenvalue weighted by Crippen LogP contribution is 2.27. The van der Waals surface area contributed by atoms with Crippen LogP contribution in [-0.2, 0) is 5.41 Å². The third-order valence-corrected chi connectivity index (χ3v) is 4.59. The van der Waals surface area contributed by atoms with Gasteiger partial charge < -0.3 is 20.2 Å². The summed E-state index contributed by atoms with van der Waals surface area (Å²) in [6, 6.07) is 5.21. The number of nitrogens with zero attached hydrogens (tertiary/aromatic N) is 1. The van der Waals surface area contributed by atoms with E-state index >= 15 is 0 Å². The smallest absolute Gasteiger partial charge is 0.319 e. The summed E-state index contributed by atoms with van der Waals surface area (Å²) >= 11 is 0. The van der Waals surface area contributed by atoms with Crippen LogP contribution in [0.5, 0.6) is 0 Å². The zero-order chi connectivity index (χ0) is 18.0. The molecule has 136 valence electrons. The molecule has 1 fully saturated rings. The molecule has 0 aliphatic heterocycles. The number of aliphatic hydroxyl groups excluding tert-OH is 1. The zero-order valence-electron chi connectivity index (χ0n) is 15.1. The van der Waals surface area contributed by atoms with Crippen molar-refractivity contribution in [2.45, 2.75) is 58.0 Å². The number of urea groups is 1. The second kappa shape index (κ2) is 7.04. The molecule has 2 unspecified atom stereocenters. The van der Waals surface area contributed by atoms with Gasteiger partial charge in [-0.3, -0.25) is 0 Å². The van der Waals surface area contributed by atoms with E-state index in [2.05, 4.69) is 15.6 Å². The maximum Gasteiger partial charge on any atom is 0.319 e. The van der Waals surface area contributed by atoms with Gasteiger partial charge in [-0.1, -0.05) is 27.2 Å². The highest BCUT2D eigenvalue weighted by molar-refractivity contribution is 5.91. The molecule has 2 atom stereocenters. The molecule has 0 bridgehead atoms. The fraction of sp³-hybridized carbons (Fsp3) is 0.579. The summed E-state index contributed by atoms with van der Waals surface area (Å²) in [4.78, 5) is 16.6. The minimum absolute atomic E-state index is 0.158. The van der Waals surface area contributed by atoms with Crippen LogP contribution in [0.1, 0.15) is 52.3 Å². The number of anilines is 1. The van der Waals surface area contributed by atoms with Gasteiger partial charge >= 0.3 is 6.03 Å². The summed E-state index contributed by atoms with van der Waals surface area (Å²) in [5.74, 6) is 1.03. The van der Waals surface area contributed by atoms with Crippen molar-refractivity contribution in [3.63, 3.8) is 0 Å². The largest absolute Gasteiger partial charge is 0.440 e. The van der Waals surface area contributed by atoms with Gasteiger partial charge in [0.2, 0.25) is 5.89 Å². The average Bonchev–Trinajstić information content (AvgIpc) is 2.97. The van der Waals surface area contributed by atoms with E-state index in [1.54, 1.807) is 0 Å². The number of rotatable bonds is 3. The van der Waals surface area contributed by atoms with Gasteiger partial charge in [-0.25, -0.2) is 9.78 Å². The molecule has 0 spiro atoms. The standard InChI is InChI=1S/C19H27N3O3/c1-19(2,3)17-22-15-10-13(7-8-16(15)25-17)21-18(24)20-11-12-5-4-6-14(23)9-12/h7-8,10,12,14,23H,4-6,9,11H2,1-3H3,(H2,20,21,24). The maximum atomic E-state index is 12.1. The molecule has 6 heteroatoms. The second-order valence-electron chi connectivity index (χ2n) is 7.97. The highest BCUT2D eigenvalue weighted by atomic mass is 16.3. The first kappa shape index (κ1) is 17.7. The van der Waals surface area contributed by atoms with Crippen LogP contribution in [0, 0.1) is 5.92 Å². The molecule has 0 radical (unpaired) electrons. The van der Waals surface area contributed by atoms with E-state index in [9.17, 15) is 9.90 Å². The molecular formula is C19H27N3O3. The Labute approximate surface area is 148 Å². The Hall–Kier alpha value is -2.08. The van der Waals surface area contributed by atoms with E-state index in [1.807, 2.05) is 39.0 Å². The number of nitrogens with one attached hydrogen (secondary N) is 2. The number of hydrogen-bond acceptors (Lipinski definition) is 4. The molecule has 3 N–H and O–H groups in total. The van der Waals surface area contributed by atoms with Gasteiger partial charge in [-0.15, -0.1) is 0 Å². The molecule has 1 aliphatic carbocycles. The van der Waals surface area contributed by atoms with Crippen molar-refractivity contribution in [3.8, 4) is 0 Å². The summed E-state index contributed by atoms with van der Waals surface area (Å²) in [7, 11) is 0. The molecule has 3 rings (SSSR count). The maximum absolute atomic E-state index is 12.1. The van der Waals surface area contributed by atoms with E-state index in [-0.39, 0.29) is 17.6 Å². The number of hydrogen-bond donors (Lipinski definition) is 3. The van der Waals surface area contributed by atoms with Gasteiger partial charge in [0, 0.05) is 17.6 Å². The van der Waals surface area contributed by atoms with Gasteiger partial charge in [-0.05, 0) is 43.4 Å². The molecule has 2 amide bonds. The van der Waals surface area contributed by atoms with E-state index in [0.717, 1.165) is 31.2 Å². The van der Waals surface area contributed by atoms with Crippen molar-refractivity contribution < 1.29 is 14.3 Å². The minimum Gasteiger partial charge on any atom is -0.440 e. The molecule has 1 saturated carbocycles. The van der Waals surface area contributed by atoms with Gasteiger partial charge in [-0.2, -0.15) is 0 Å². The lowest BCUT2D eigenvalue weighted by Crippen LogP contribution is -2.35. The van der Waals surface area contributed by atoms with Crippen LogP contribution in [0.25, 0.3) is 11.1 Å². The minimum atomic E-state index is -0.237. The predicted octanol–water partition coefficient (Wildman–Crippen LogP) is 3.80. The monoisotopic (exact) mass is 345 g/mol. The number of aliphatic hydroxyl groups is 1. The SMILES string of the molecule is CC(C)(C)c1nc2cc(NC(=O)NCC3CCCC(O)C3)ccc2o1. The molecule has 1 aromatic heterocycles. The topological polar surface area (TPSA) is 87.4 Å². The summed E-state index contributed by atoms with van der Waals surface area (Å²) < 4.78 is 5.77. The molecular weight excluding hydrogens is 318 g/mol. The van der Waals surface area contributed by atoms with Crippen molar-refractivity contribution in [1.82, 2.24) is 10.3 Å².